The molecular formula is C13H16IN3. The Hall–Kier alpha value is -1.04. The highest BCUT2D eigenvalue weighted by atomic mass is 127. The molecule has 2 rings (SSSR count). The molecule has 0 aliphatic heterocycles. The Morgan fingerprint density at radius 3 is 2.65 bits per heavy atom. The minimum Gasteiger partial charge on any atom is -0.378 e. The number of hydrogen-bond acceptors (Lipinski definition) is 2. The highest BCUT2D eigenvalue weighted by Crippen LogP contribution is 2.24. The Morgan fingerprint density at radius 1 is 1.35 bits per heavy atom. The number of nitrogens with zero attached hydrogens (tertiary/aromatic N) is 2. The van der Waals surface area contributed by atoms with Gasteiger partial charge in [-0.3, -0.25) is 4.68 Å². The number of nitrogens with one attached hydrogen (secondary N) is 1. The predicted molar refractivity (Wildman–Crippen MR) is 79.1 cm³/mol. The van der Waals surface area contributed by atoms with Gasteiger partial charge in [-0.15, -0.1) is 0 Å². The number of aryl methyl sites for hydroxylation is 2. The van der Waals surface area contributed by atoms with Gasteiger partial charge in [0.2, 0.25) is 0 Å². The maximum Gasteiger partial charge on any atom is 0.0646 e. The van der Waals surface area contributed by atoms with Crippen LogP contribution >= 0.6 is 22.6 Å². The Morgan fingerprint density at radius 2 is 2.06 bits per heavy atom. The zero-order chi connectivity index (χ0) is 12.4. The summed E-state index contributed by atoms with van der Waals surface area (Å²) in [5.74, 6) is 0. The summed E-state index contributed by atoms with van der Waals surface area (Å²) in [5.41, 5.74) is 3.49. The number of anilines is 1. The minimum atomic E-state index is 0.264. The first-order valence-electron chi connectivity index (χ1n) is 5.59. The normalized spacial score (nSPS) is 12.5. The summed E-state index contributed by atoms with van der Waals surface area (Å²) in [4.78, 5) is 0. The van der Waals surface area contributed by atoms with Crippen LogP contribution in [0.4, 0.5) is 5.69 Å². The van der Waals surface area contributed by atoms with Crippen LogP contribution in [-0.2, 0) is 7.05 Å². The van der Waals surface area contributed by atoms with E-state index in [0.717, 1.165) is 5.69 Å². The van der Waals surface area contributed by atoms with E-state index < -0.39 is 0 Å². The van der Waals surface area contributed by atoms with Gasteiger partial charge >= 0.3 is 0 Å². The van der Waals surface area contributed by atoms with Gasteiger partial charge < -0.3 is 5.32 Å². The lowest BCUT2D eigenvalue weighted by Crippen LogP contribution is -2.08. The molecule has 4 heteroatoms. The van der Waals surface area contributed by atoms with E-state index in [4.69, 9.17) is 0 Å². The van der Waals surface area contributed by atoms with Crippen LogP contribution in [0, 0.1) is 10.5 Å². The molecule has 0 radical (unpaired) electrons. The summed E-state index contributed by atoms with van der Waals surface area (Å²) in [6.07, 6.45) is 2.07. The standard InChI is InChI=1S/C13H16IN3/c1-9(11-8-17(3)16-10(11)2)15-13-7-5-4-6-12(13)14/h4-9,15H,1-3H3. The lowest BCUT2D eigenvalue weighted by atomic mass is 10.1. The molecular weight excluding hydrogens is 325 g/mol. The molecule has 0 saturated carbocycles. The molecule has 1 aromatic heterocycles. The van der Waals surface area contributed by atoms with E-state index in [0.29, 0.717) is 0 Å². The SMILES string of the molecule is Cc1nn(C)cc1C(C)Nc1ccccc1I. The molecule has 1 unspecified atom stereocenters. The van der Waals surface area contributed by atoms with E-state index in [1.54, 1.807) is 0 Å². The molecule has 1 atom stereocenters. The number of halogens is 1. The Kier molecular flexibility index (Phi) is 3.71. The third-order valence-corrected chi connectivity index (χ3v) is 3.70. The predicted octanol–water partition coefficient (Wildman–Crippen LogP) is 3.51. The van der Waals surface area contributed by atoms with Crippen LogP contribution in [0.3, 0.4) is 0 Å². The van der Waals surface area contributed by atoms with Gasteiger partial charge in [0.05, 0.1) is 11.7 Å². The summed E-state index contributed by atoms with van der Waals surface area (Å²) in [5, 5.41) is 7.89. The zero-order valence-corrected chi connectivity index (χ0v) is 12.4. The van der Waals surface area contributed by atoms with Gasteiger partial charge in [-0.25, -0.2) is 0 Å². The largest absolute Gasteiger partial charge is 0.378 e. The molecule has 2 aromatic rings. The molecule has 90 valence electrons. The van der Waals surface area contributed by atoms with Gasteiger partial charge in [-0.1, -0.05) is 12.1 Å². The second-order valence-electron chi connectivity index (χ2n) is 4.19. The van der Waals surface area contributed by atoms with Gasteiger partial charge in [-0.2, -0.15) is 5.10 Å². The summed E-state index contributed by atoms with van der Waals surface area (Å²) in [6.45, 7) is 4.20. The van der Waals surface area contributed by atoms with Crippen LogP contribution in [0.2, 0.25) is 0 Å². The van der Waals surface area contributed by atoms with E-state index in [1.807, 2.05) is 30.8 Å². The molecule has 0 spiro atoms. The van der Waals surface area contributed by atoms with Crippen LogP contribution in [0.1, 0.15) is 24.2 Å². The van der Waals surface area contributed by atoms with Gasteiger partial charge in [0.15, 0.2) is 0 Å². The molecule has 0 fully saturated rings. The van der Waals surface area contributed by atoms with E-state index >= 15 is 0 Å². The molecule has 17 heavy (non-hydrogen) atoms. The number of benzene rings is 1. The van der Waals surface area contributed by atoms with Crippen molar-refractivity contribution >= 4 is 28.3 Å². The van der Waals surface area contributed by atoms with Crippen molar-refractivity contribution < 1.29 is 0 Å². The number of para-hydroxylation sites is 1. The van der Waals surface area contributed by atoms with Crippen molar-refractivity contribution in [3.8, 4) is 0 Å². The summed E-state index contributed by atoms with van der Waals surface area (Å²) in [7, 11) is 1.95. The first kappa shape index (κ1) is 12.4. The Bertz CT molecular complexity index is 519. The number of aromatic nitrogens is 2. The summed E-state index contributed by atoms with van der Waals surface area (Å²) < 4.78 is 3.09. The van der Waals surface area contributed by atoms with Crippen molar-refractivity contribution in [2.75, 3.05) is 5.32 Å². The van der Waals surface area contributed by atoms with E-state index in [9.17, 15) is 0 Å². The van der Waals surface area contributed by atoms with Crippen molar-refractivity contribution in [1.29, 1.82) is 0 Å². The fourth-order valence-electron chi connectivity index (χ4n) is 1.93. The second-order valence-corrected chi connectivity index (χ2v) is 5.35. The van der Waals surface area contributed by atoms with Gasteiger partial charge in [-0.05, 0) is 48.6 Å². The molecule has 0 aliphatic carbocycles. The van der Waals surface area contributed by atoms with Crippen LogP contribution in [0.5, 0.6) is 0 Å². The van der Waals surface area contributed by atoms with Gasteiger partial charge in [0, 0.05) is 28.1 Å². The second kappa shape index (κ2) is 5.08. The van der Waals surface area contributed by atoms with Crippen molar-refractivity contribution in [1.82, 2.24) is 9.78 Å². The average molecular weight is 341 g/mol. The Labute approximate surface area is 115 Å². The van der Waals surface area contributed by atoms with Crippen molar-refractivity contribution in [2.24, 2.45) is 7.05 Å². The maximum absolute atomic E-state index is 4.37. The summed E-state index contributed by atoms with van der Waals surface area (Å²) >= 11 is 2.34. The third-order valence-electron chi connectivity index (χ3n) is 2.76. The quantitative estimate of drug-likeness (QED) is 0.866. The fraction of sp³-hybridized carbons (Fsp3) is 0.308. The monoisotopic (exact) mass is 341 g/mol. The Balaban J connectivity index is 2.20. The van der Waals surface area contributed by atoms with Crippen LogP contribution < -0.4 is 5.32 Å². The minimum absolute atomic E-state index is 0.264. The van der Waals surface area contributed by atoms with Crippen LogP contribution in [0.15, 0.2) is 30.5 Å². The number of hydrogen-bond donors (Lipinski definition) is 1. The van der Waals surface area contributed by atoms with Gasteiger partial charge in [0.25, 0.3) is 0 Å². The number of rotatable bonds is 3. The van der Waals surface area contributed by atoms with E-state index in [2.05, 4.69) is 58.3 Å². The first-order chi connectivity index (χ1) is 8.08. The van der Waals surface area contributed by atoms with Crippen molar-refractivity contribution in [3.63, 3.8) is 0 Å². The highest BCUT2D eigenvalue weighted by Gasteiger charge is 2.12. The van der Waals surface area contributed by atoms with Crippen molar-refractivity contribution in [3.05, 3.63) is 45.3 Å². The van der Waals surface area contributed by atoms with Crippen LogP contribution in [-0.4, -0.2) is 9.78 Å². The van der Waals surface area contributed by atoms with Gasteiger partial charge in [0.1, 0.15) is 0 Å². The average Bonchev–Trinajstić information content (AvgIpc) is 2.61. The first-order valence-corrected chi connectivity index (χ1v) is 6.67. The molecule has 3 nitrogen and oxygen atoms in total. The van der Waals surface area contributed by atoms with Crippen molar-refractivity contribution in [2.45, 2.75) is 19.9 Å². The fourth-order valence-corrected chi connectivity index (χ4v) is 2.48. The molecule has 0 aliphatic rings. The highest BCUT2D eigenvalue weighted by molar-refractivity contribution is 14.1. The summed E-state index contributed by atoms with van der Waals surface area (Å²) in [6, 6.07) is 8.57. The molecule has 0 amide bonds. The van der Waals surface area contributed by atoms with E-state index in [-0.39, 0.29) is 6.04 Å². The smallest absolute Gasteiger partial charge is 0.0646 e. The molecule has 1 aromatic carbocycles. The molecule has 1 heterocycles. The van der Waals surface area contributed by atoms with Crippen LogP contribution in [0.25, 0.3) is 0 Å². The molecule has 1 N–H and O–H groups in total. The topological polar surface area (TPSA) is 29.9 Å². The molecule has 0 bridgehead atoms. The zero-order valence-electron chi connectivity index (χ0n) is 10.2. The lowest BCUT2D eigenvalue weighted by Gasteiger charge is -2.15. The lowest BCUT2D eigenvalue weighted by molar-refractivity contribution is 0.756. The van der Waals surface area contributed by atoms with E-state index in [1.165, 1.54) is 14.8 Å². The maximum atomic E-state index is 4.37. The third kappa shape index (κ3) is 2.80. The molecule has 0 saturated heterocycles.